The van der Waals surface area contributed by atoms with Crippen molar-refractivity contribution in [2.24, 2.45) is 0 Å². The van der Waals surface area contributed by atoms with Gasteiger partial charge in [0.15, 0.2) is 6.10 Å². The maximum absolute atomic E-state index is 13.1. The van der Waals surface area contributed by atoms with Crippen LogP contribution < -0.4 is 9.46 Å². The molecule has 7 heteroatoms. The molecule has 136 valence electrons. The van der Waals surface area contributed by atoms with Crippen LogP contribution in [0.1, 0.15) is 16.7 Å². The number of ether oxygens (including phenoxy) is 1. The second kappa shape index (κ2) is 7.88. The Bertz CT molecular complexity index is 840. The molecule has 3 rings (SSSR count). The number of aryl methyl sites for hydroxylation is 1. The fraction of sp³-hybridized carbons (Fsp3) is 0.211. The second-order valence-electron chi connectivity index (χ2n) is 5.85. The topological polar surface area (TPSA) is 58.6 Å². The lowest BCUT2D eigenvalue weighted by Crippen LogP contribution is -2.33. The Hall–Kier alpha value is -2.38. The van der Waals surface area contributed by atoms with Crippen molar-refractivity contribution in [3.63, 3.8) is 0 Å². The molecular weight excluding hydrogens is 360 g/mol. The predicted octanol–water partition coefficient (Wildman–Crippen LogP) is 4.29. The summed E-state index contributed by atoms with van der Waals surface area (Å²) in [6.45, 7) is 2.41. The van der Waals surface area contributed by atoms with Gasteiger partial charge in [0.1, 0.15) is 5.75 Å². The van der Waals surface area contributed by atoms with Crippen molar-refractivity contribution in [3.05, 3.63) is 64.7 Å². The minimum absolute atomic E-state index is 0.299. The number of alkyl halides is 2. The van der Waals surface area contributed by atoms with E-state index in [1.165, 1.54) is 18.0 Å². The van der Waals surface area contributed by atoms with Crippen molar-refractivity contribution in [2.45, 2.75) is 30.9 Å². The average Bonchev–Trinajstić information content (AvgIpc) is 2.61. The molecule has 1 unspecified atom stereocenters. The average molecular weight is 377 g/mol. The molecule has 0 aliphatic carbocycles. The van der Waals surface area contributed by atoms with Gasteiger partial charge >= 0.3 is 5.97 Å². The summed E-state index contributed by atoms with van der Waals surface area (Å²) in [4.78, 5) is 12.1. The number of aliphatic carboxylic acids is 1. The summed E-state index contributed by atoms with van der Waals surface area (Å²) in [6.07, 6.45) is -3.40. The second-order valence-corrected chi connectivity index (χ2v) is 6.81. The SMILES string of the molecule is Cc1cc(SNCc2ccccc2)cc2c1OC(C(F)F)C(C(=O)O)=C2. The summed E-state index contributed by atoms with van der Waals surface area (Å²) in [6, 6.07) is 13.4. The fourth-order valence-electron chi connectivity index (χ4n) is 2.70. The Morgan fingerprint density at radius 2 is 2.04 bits per heavy atom. The first-order chi connectivity index (χ1) is 12.5. The van der Waals surface area contributed by atoms with Gasteiger partial charge in [0, 0.05) is 17.0 Å². The zero-order chi connectivity index (χ0) is 18.7. The maximum atomic E-state index is 13.1. The van der Waals surface area contributed by atoms with Crippen molar-refractivity contribution in [1.29, 1.82) is 0 Å². The molecule has 1 aliphatic rings. The first-order valence-corrected chi connectivity index (χ1v) is 8.75. The van der Waals surface area contributed by atoms with E-state index >= 15 is 0 Å². The highest BCUT2D eigenvalue weighted by atomic mass is 32.2. The molecule has 0 bridgehead atoms. The third kappa shape index (κ3) is 4.05. The Morgan fingerprint density at radius 3 is 2.69 bits per heavy atom. The normalized spacial score (nSPS) is 16.0. The highest BCUT2D eigenvalue weighted by Crippen LogP contribution is 2.37. The number of halogens is 2. The van der Waals surface area contributed by atoms with Gasteiger partial charge in [-0.2, -0.15) is 0 Å². The van der Waals surface area contributed by atoms with Crippen molar-refractivity contribution in [1.82, 2.24) is 4.72 Å². The lowest BCUT2D eigenvalue weighted by atomic mass is 10.00. The number of benzene rings is 2. The molecule has 2 aromatic carbocycles. The molecule has 2 N–H and O–H groups in total. The van der Waals surface area contributed by atoms with Crippen molar-refractivity contribution >= 4 is 24.0 Å². The van der Waals surface area contributed by atoms with Gasteiger partial charge < -0.3 is 9.84 Å². The third-order valence-electron chi connectivity index (χ3n) is 3.92. The van der Waals surface area contributed by atoms with Gasteiger partial charge in [0.2, 0.25) is 0 Å². The van der Waals surface area contributed by atoms with Gasteiger partial charge in [-0.25, -0.2) is 13.6 Å². The molecule has 26 heavy (non-hydrogen) atoms. The van der Waals surface area contributed by atoms with E-state index in [9.17, 15) is 18.7 Å². The molecule has 0 amide bonds. The van der Waals surface area contributed by atoms with Crippen LogP contribution in [0.2, 0.25) is 0 Å². The monoisotopic (exact) mass is 377 g/mol. The number of carboxylic acids is 1. The first-order valence-electron chi connectivity index (χ1n) is 7.93. The predicted molar refractivity (Wildman–Crippen MR) is 96.4 cm³/mol. The van der Waals surface area contributed by atoms with Gasteiger partial charge in [0.05, 0.1) is 5.57 Å². The van der Waals surface area contributed by atoms with E-state index in [2.05, 4.69) is 4.72 Å². The molecule has 0 saturated carbocycles. The molecule has 0 saturated heterocycles. The summed E-state index contributed by atoms with van der Waals surface area (Å²) in [5, 5.41) is 9.19. The Balaban J connectivity index is 1.80. The number of nitrogens with one attached hydrogen (secondary N) is 1. The van der Waals surface area contributed by atoms with Crippen LogP contribution in [0, 0.1) is 6.92 Å². The molecule has 4 nitrogen and oxygen atoms in total. The van der Waals surface area contributed by atoms with E-state index < -0.39 is 24.1 Å². The van der Waals surface area contributed by atoms with E-state index in [1.54, 1.807) is 13.0 Å². The van der Waals surface area contributed by atoms with Crippen LogP contribution in [-0.2, 0) is 11.3 Å². The molecule has 1 aliphatic heterocycles. The Labute approximate surface area is 154 Å². The number of hydrogen-bond donors (Lipinski definition) is 2. The maximum Gasteiger partial charge on any atom is 0.335 e. The Morgan fingerprint density at radius 1 is 1.31 bits per heavy atom. The molecular formula is C19H17F2NO3S. The highest BCUT2D eigenvalue weighted by Gasteiger charge is 2.35. The number of rotatable bonds is 6. The zero-order valence-corrected chi connectivity index (χ0v) is 14.7. The lowest BCUT2D eigenvalue weighted by molar-refractivity contribution is -0.134. The fourth-order valence-corrected chi connectivity index (χ4v) is 3.53. The van der Waals surface area contributed by atoms with Gasteiger partial charge in [-0.15, -0.1) is 0 Å². The Kier molecular flexibility index (Phi) is 5.58. The standard InChI is InChI=1S/C19H17F2NO3S/c1-11-7-14(26-22-10-12-5-3-2-4-6-12)8-13-9-15(19(23)24)17(18(20)21)25-16(11)13/h2-9,17-18,22H,10H2,1H3,(H,23,24). The largest absolute Gasteiger partial charge is 0.479 e. The minimum atomic E-state index is -2.91. The molecule has 0 fully saturated rings. The number of fused-ring (bicyclic) bond motifs is 1. The van der Waals surface area contributed by atoms with Gasteiger partial charge in [-0.3, -0.25) is 4.72 Å². The summed E-state index contributed by atoms with van der Waals surface area (Å²) >= 11 is 1.39. The number of carbonyl (C=O) groups is 1. The molecule has 0 aromatic heterocycles. The number of carboxylic acid groups (broad SMARTS) is 1. The van der Waals surface area contributed by atoms with Gasteiger partial charge in [0.25, 0.3) is 6.43 Å². The molecule has 1 atom stereocenters. The summed E-state index contributed by atoms with van der Waals surface area (Å²) in [5.74, 6) is -1.11. The van der Waals surface area contributed by atoms with Gasteiger partial charge in [-0.1, -0.05) is 30.3 Å². The third-order valence-corrected chi connectivity index (χ3v) is 4.68. The molecule has 1 heterocycles. The summed E-state index contributed by atoms with van der Waals surface area (Å²) in [5.41, 5.74) is 1.86. The molecule has 2 aromatic rings. The van der Waals surface area contributed by atoms with Crippen LogP contribution >= 0.6 is 11.9 Å². The van der Waals surface area contributed by atoms with Crippen LogP contribution in [0.4, 0.5) is 8.78 Å². The minimum Gasteiger partial charge on any atom is -0.479 e. The van der Waals surface area contributed by atoms with E-state index in [1.807, 2.05) is 36.4 Å². The smallest absolute Gasteiger partial charge is 0.335 e. The van der Waals surface area contributed by atoms with Crippen molar-refractivity contribution in [2.75, 3.05) is 0 Å². The highest BCUT2D eigenvalue weighted by molar-refractivity contribution is 7.97. The van der Waals surface area contributed by atoms with Crippen LogP contribution in [0.15, 0.2) is 52.9 Å². The summed E-state index contributed by atoms with van der Waals surface area (Å²) in [7, 11) is 0. The molecule has 0 spiro atoms. The van der Waals surface area contributed by atoms with Crippen LogP contribution in [0.5, 0.6) is 5.75 Å². The summed E-state index contributed by atoms with van der Waals surface area (Å²) < 4.78 is 34.8. The quantitative estimate of drug-likeness (QED) is 0.736. The van der Waals surface area contributed by atoms with E-state index in [0.29, 0.717) is 23.4 Å². The molecule has 0 radical (unpaired) electrons. The number of hydrogen-bond acceptors (Lipinski definition) is 4. The van der Waals surface area contributed by atoms with Gasteiger partial charge in [-0.05, 0) is 48.2 Å². The van der Waals surface area contributed by atoms with E-state index in [4.69, 9.17) is 4.74 Å². The van der Waals surface area contributed by atoms with Crippen LogP contribution in [0.25, 0.3) is 6.08 Å². The van der Waals surface area contributed by atoms with E-state index in [0.717, 1.165) is 10.5 Å². The lowest BCUT2D eigenvalue weighted by Gasteiger charge is -2.26. The first kappa shape index (κ1) is 18.4. The van der Waals surface area contributed by atoms with E-state index in [-0.39, 0.29) is 0 Å². The van der Waals surface area contributed by atoms with Crippen LogP contribution in [-0.4, -0.2) is 23.6 Å². The van der Waals surface area contributed by atoms with Crippen LogP contribution in [0.3, 0.4) is 0 Å². The van der Waals surface area contributed by atoms with Crippen molar-refractivity contribution < 1.29 is 23.4 Å². The van der Waals surface area contributed by atoms with Crippen molar-refractivity contribution in [3.8, 4) is 5.75 Å². The zero-order valence-electron chi connectivity index (χ0n) is 13.9.